The van der Waals surface area contributed by atoms with Gasteiger partial charge in [-0.05, 0) is 49.5 Å². The quantitative estimate of drug-likeness (QED) is 0.874. The Morgan fingerprint density at radius 2 is 1.95 bits per heavy atom. The first kappa shape index (κ1) is 17.1. The van der Waals surface area contributed by atoms with Crippen molar-refractivity contribution in [2.24, 2.45) is 11.8 Å². The predicted molar refractivity (Wildman–Crippen MR) is 89.3 cm³/mol. The van der Waals surface area contributed by atoms with E-state index in [1.165, 1.54) is 5.56 Å². The summed E-state index contributed by atoms with van der Waals surface area (Å²) in [4.78, 5) is 14.8. The van der Waals surface area contributed by atoms with E-state index in [1.807, 2.05) is 12.1 Å². The van der Waals surface area contributed by atoms with Crippen molar-refractivity contribution in [1.29, 1.82) is 0 Å². The van der Waals surface area contributed by atoms with E-state index in [4.69, 9.17) is 4.74 Å². The number of hydrogen-bond acceptors (Lipinski definition) is 3. The number of carbonyl (C=O) groups excluding carboxylic acids is 1. The molecule has 1 aliphatic heterocycles. The zero-order chi connectivity index (χ0) is 14.8. The molecule has 1 N–H and O–H groups in total. The van der Waals surface area contributed by atoms with Gasteiger partial charge in [0.1, 0.15) is 5.75 Å². The average Bonchev–Trinajstić information content (AvgIpc) is 3.27. The van der Waals surface area contributed by atoms with E-state index in [-0.39, 0.29) is 18.3 Å². The van der Waals surface area contributed by atoms with Crippen molar-refractivity contribution in [3.8, 4) is 5.75 Å². The topological polar surface area (TPSA) is 41.6 Å². The van der Waals surface area contributed by atoms with E-state index >= 15 is 0 Å². The summed E-state index contributed by atoms with van der Waals surface area (Å²) >= 11 is 0. The van der Waals surface area contributed by atoms with Crippen LogP contribution in [-0.2, 0) is 11.3 Å². The summed E-state index contributed by atoms with van der Waals surface area (Å²) < 4.78 is 5.19. The lowest BCUT2D eigenvalue weighted by atomic mass is 9.88. The van der Waals surface area contributed by atoms with Crippen LogP contribution in [0.3, 0.4) is 0 Å². The first-order valence-electron chi connectivity index (χ1n) is 7.83. The number of amides is 1. The summed E-state index contributed by atoms with van der Waals surface area (Å²) in [6.45, 7) is 4.76. The molecule has 122 valence electrons. The minimum atomic E-state index is 0. The Bertz CT molecular complexity index is 498. The molecule has 2 aliphatic rings. The lowest BCUT2D eigenvalue weighted by Gasteiger charge is -2.35. The maximum atomic E-state index is 12.8. The zero-order valence-corrected chi connectivity index (χ0v) is 14.1. The van der Waals surface area contributed by atoms with Gasteiger partial charge < -0.3 is 15.0 Å². The Hall–Kier alpha value is -1.26. The molecule has 0 spiro atoms. The number of benzene rings is 1. The Kier molecular flexibility index (Phi) is 5.70. The third kappa shape index (κ3) is 3.73. The molecule has 1 aromatic rings. The number of ether oxygens (including phenoxy) is 1. The SMILES string of the molecule is COc1ccc(CN(C(=O)C(C)C2CNC2)C2CC2)cc1.Cl. The fraction of sp³-hybridized carbons (Fsp3) is 0.588. The van der Waals surface area contributed by atoms with Gasteiger partial charge in [-0.3, -0.25) is 4.79 Å². The fourth-order valence-corrected chi connectivity index (χ4v) is 2.83. The number of nitrogens with one attached hydrogen (secondary N) is 1. The van der Waals surface area contributed by atoms with E-state index in [0.717, 1.165) is 38.2 Å². The van der Waals surface area contributed by atoms with E-state index in [2.05, 4.69) is 29.3 Å². The second-order valence-electron chi connectivity index (χ2n) is 6.25. The third-order valence-corrected chi connectivity index (χ3v) is 4.69. The van der Waals surface area contributed by atoms with E-state index in [9.17, 15) is 4.79 Å². The van der Waals surface area contributed by atoms with Crippen LogP contribution in [0.25, 0.3) is 0 Å². The second-order valence-corrected chi connectivity index (χ2v) is 6.25. The van der Waals surface area contributed by atoms with Gasteiger partial charge in [-0.25, -0.2) is 0 Å². The van der Waals surface area contributed by atoms with Crippen LogP contribution in [0.4, 0.5) is 0 Å². The van der Waals surface area contributed by atoms with E-state index < -0.39 is 0 Å². The molecule has 1 aromatic carbocycles. The summed E-state index contributed by atoms with van der Waals surface area (Å²) in [6.07, 6.45) is 2.30. The number of methoxy groups -OCH3 is 1. The Morgan fingerprint density at radius 3 is 2.41 bits per heavy atom. The standard InChI is InChI=1S/C17H24N2O2.ClH/c1-12(14-9-18-10-14)17(20)19(15-5-6-15)11-13-3-7-16(21-2)8-4-13;/h3-4,7-8,12,14-15,18H,5-6,9-11H2,1-2H3;1H. The second kappa shape index (κ2) is 7.34. The van der Waals surface area contributed by atoms with Crippen LogP contribution in [0.5, 0.6) is 5.75 Å². The van der Waals surface area contributed by atoms with Crippen molar-refractivity contribution in [2.45, 2.75) is 32.4 Å². The smallest absolute Gasteiger partial charge is 0.226 e. The molecule has 3 rings (SSSR count). The van der Waals surface area contributed by atoms with Gasteiger partial charge in [0, 0.05) is 18.5 Å². The lowest BCUT2D eigenvalue weighted by Crippen LogP contribution is -2.50. The monoisotopic (exact) mass is 324 g/mol. The highest BCUT2D eigenvalue weighted by molar-refractivity contribution is 5.85. The number of rotatable bonds is 6. The minimum absolute atomic E-state index is 0. The molecule has 1 amide bonds. The largest absolute Gasteiger partial charge is 0.497 e. The Balaban J connectivity index is 0.00000176. The molecule has 1 unspecified atom stereocenters. The number of halogens is 1. The number of nitrogens with zero attached hydrogens (tertiary/aromatic N) is 1. The molecular weight excluding hydrogens is 300 g/mol. The minimum Gasteiger partial charge on any atom is -0.497 e. The molecule has 5 heteroatoms. The van der Waals surface area contributed by atoms with Gasteiger partial charge in [-0.2, -0.15) is 0 Å². The number of hydrogen-bond donors (Lipinski definition) is 1. The highest BCUT2D eigenvalue weighted by Gasteiger charge is 2.38. The van der Waals surface area contributed by atoms with Crippen LogP contribution < -0.4 is 10.1 Å². The van der Waals surface area contributed by atoms with Gasteiger partial charge in [-0.15, -0.1) is 12.4 Å². The van der Waals surface area contributed by atoms with Crippen molar-refractivity contribution in [3.05, 3.63) is 29.8 Å². The summed E-state index contributed by atoms with van der Waals surface area (Å²) in [5.74, 6) is 1.82. The van der Waals surface area contributed by atoms with Crippen LogP contribution in [0.15, 0.2) is 24.3 Å². The molecule has 4 nitrogen and oxygen atoms in total. The predicted octanol–water partition coefficient (Wildman–Crippen LogP) is 2.46. The first-order valence-corrected chi connectivity index (χ1v) is 7.83. The van der Waals surface area contributed by atoms with Crippen molar-refractivity contribution in [3.63, 3.8) is 0 Å². The maximum absolute atomic E-state index is 12.8. The number of carbonyl (C=O) groups is 1. The first-order chi connectivity index (χ1) is 10.2. The molecule has 0 bridgehead atoms. The van der Waals surface area contributed by atoms with Gasteiger partial charge in [0.2, 0.25) is 5.91 Å². The maximum Gasteiger partial charge on any atom is 0.226 e. The molecule has 1 atom stereocenters. The van der Waals surface area contributed by atoms with Gasteiger partial charge in [-0.1, -0.05) is 19.1 Å². The third-order valence-electron chi connectivity index (χ3n) is 4.69. The molecule has 1 aliphatic carbocycles. The normalized spacial score (nSPS) is 18.8. The van der Waals surface area contributed by atoms with Crippen molar-refractivity contribution in [2.75, 3.05) is 20.2 Å². The highest BCUT2D eigenvalue weighted by Crippen LogP contribution is 2.31. The van der Waals surface area contributed by atoms with E-state index in [1.54, 1.807) is 7.11 Å². The van der Waals surface area contributed by atoms with Crippen LogP contribution in [0, 0.1) is 11.8 Å². The summed E-state index contributed by atoms with van der Waals surface area (Å²) in [5.41, 5.74) is 1.18. The summed E-state index contributed by atoms with van der Waals surface area (Å²) in [6, 6.07) is 8.48. The molecule has 1 saturated heterocycles. The summed E-state index contributed by atoms with van der Waals surface area (Å²) in [7, 11) is 1.67. The molecule has 1 saturated carbocycles. The molecule has 1 heterocycles. The average molecular weight is 325 g/mol. The molecule has 0 radical (unpaired) electrons. The molecular formula is C17H25ClN2O2. The van der Waals surface area contributed by atoms with Crippen LogP contribution in [0.1, 0.15) is 25.3 Å². The van der Waals surface area contributed by atoms with Crippen molar-refractivity contribution >= 4 is 18.3 Å². The Labute approximate surface area is 138 Å². The van der Waals surface area contributed by atoms with Crippen LogP contribution >= 0.6 is 12.4 Å². The fourth-order valence-electron chi connectivity index (χ4n) is 2.83. The van der Waals surface area contributed by atoms with Gasteiger partial charge >= 0.3 is 0 Å². The highest BCUT2D eigenvalue weighted by atomic mass is 35.5. The van der Waals surface area contributed by atoms with Gasteiger partial charge in [0.15, 0.2) is 0 Å². The molecule has 2 fully saturated rings. The van der Waals surface area contributed by atoms with E-state index in [0.29, 0.717) is 17.9 Å². The van der Waals surface area contributed by atoms with Crippen LogP contribution in [0.2, 0.25) is 0 Å². The van der Waals surface area contributed by atoms with Gasteiger partial charge in [0.25, 0.3) is 0 Å². The summed E-state index contributed by atoms with van der Waals surface area (Å²) in [5, 5.41) is 3.26. The van der Waals surface area contributed by atoms with Crippen LogP contribution in [-0.4, -0.2) is 37.0 Å². The zero-order valence-electron chi connectivity index (χ0n) is 13.2. The van der Waals surface area contributed by atoms with Gasteiger partial charge in [0.05, 0.1) is 7.11 Å². The molecule has 0 aromatic heterocycles. The van der Waals surface area contributed by atoms with Crippen molar-refractivity contribution in [1.82, 2.24) is 10.2 Å². The Morgan fingerprint density at radius 1 is 1.32 bits per heavy atom. The van der Waals surface area contributed by atoms with Crippen molar-refractivity contribution < 1.29 is 9.53 Å². The lowest BCUT2D eigenvalue weighted by molar-refractivity contribution is -0.138. The molecule has 22 heavy (non-hydrogen) atoms.